The van der Waals surface area contributed by atoms with Crippen LogP contribution in [0.25, 0.3) is 0 Å². The smallest absolute Gasteiger partial charge is 0.223 e. The van der Waals surface area contributed by atoms with E-state index in [-0.39, 0.29) is 23.4 Å². The first-order chi connectivity index (χ1) is 13.5. The van der Waals surface area contributed by atoms with Gasteiger partial charge in [-0.2, -0.15) is 0 Å². The zero-order valence-electron chi connectivity index (χ0n) is 17.5. The van der Waals surface area contributed by atoms with Crippen molar-refractivity contribution in [2.24, 2.45) is 5.92 Å². The number of aromatic nitrogens is 2. The Kier molecular flexibility index (Phi) is 5.59. The van der Waals surface area contributed by atoms with Gasteiger partial charge in [0.2, 0.25) is 5.91 Å². The number of nitrogens with zero attached hydrogens (tertiary/aromatic N) is 3. The van der Waals surface area contributed by atoms with E-state index in [9.17, 15) is 4.79 Å². The van der Waals surface area contributed by atoms with Crippen molar-refractivity contribution >= 4 is 11.7 Å². The van der Waals surface area contributed by atoms with Crippen molar-refractivity contribution in [1.29, 1.82) is 0 Å². The van der Waals surface area contributed by atoms with E-state index in [4.69, 9.17) is 9.72 Å². The average molecular weight is 387 g/mol. The number of hydrogen-bond donors (Lipinski definition) is 1. The summed E-state index contributed by atoms with van der Waals surface area (Å²) in [6, 6.07) is 2.33. The summed E-state index contributed by atoms with van der Waals surface area (Å²) in [6.45, 7) is 8.71. The van der Waals surface area contributed by atoms with E-state index in [0.717, 1.165) is 56.0 Å². The Hall–Kier alpha value is -1.69. The van der Waals surface area contributed by atoms with Crippen LogP contribution in [0.15, 0.2) is 6.07 Å². The molecule has 0 aromatic carbocycles. The minimum atomic E-state index is 0.00979. The molecule has 0 bridgehead atoms. The van der Waals surface area contributed by atoms with Gasteiger partial charge in [0.1, 0.15) is 11.6 Å². The predicted octanol–water partition coefficient (Wildman–Crippen LogP) is 3.34. The Bertz CT molecular complexity index is 708. The van der Waals surface area contributed by atoms with Crippen LogP contribution in [-0.2, 0) is 9.53 Å². The van der Waals surface area contributed by atoms with E-state index in [0.29, 0.717) is 19.1 Å². The van der Waals surface area contributed by atoms with E-state index in [1.165, 1.54) is 12.8 Å². The van der Waals surface area contributed by atoms with Gasteiger partial charge in [-0.05, 0) is 39.0 Å². The van der Waals surface area contributed by atoms with Crippen molar-refractivity contribution in [3.05, 3.63) is 17.6 Å². The summed E-state index contributed by atoms with van der Waals surface area (Å²) >= 11 is 0. The molecule has 1 amide bonds. The van der Waals surface area contributed by atoms with Gasteiger partial charge in [-0.15, -0.1) is 0 Å². The summed E-state index contributed by atoms with van der Waals surface area (Å²) in [5, 5.41) is 3.45. The maximum atomic E-state index is 12.9. The molecule has 4 rings (SSSR count). The fourth-order valence-corrected chi connectivity index (χ4v) is 5.31. The van der Waals surface area contributed by atoms with Crippen molar-refractivity contribution in [1.82, 2.24) is 15.3 Å². The number of rotatable bonds is 4. The molecule has 2 aliphatic heterocycles. The first-order valence-electron chi connectivity index (χ1n) is 11.0. The summed E-state index contributed by atoms with van der Waals surface area (Å²) in [5.41, 5.74) is 1.03. The molecule has 6 heteroatoms. The topological polar surface area (TPSA) is 67.4 Å². The summed E-state index contributed by atoms with van der Waals surface area (Å²) in [4.78, 5) is 25.0. The van der Waals surface area contributed by atoms with Gasteiger partial charge in [0.15, 0.2) is 0 Å². The second kappa shape index (κ2) is 7.97. The van der Waals surface area contributed by atoms with Crippen molar-refractivity contribution in [3.8, 4) is 0 Å². The molecule has 1 aliphatic carbocycles. The maximum absolute atomic E-state index is 12.9. The number of aryl methyl sites for hydroxylation is 1. The van der Waals surface area contributed by atoms with Gasteiger partial charge < -0.3 is 15.0 Å². The lowest BCUT2D eigenvalue weighted by atomic mass is 9.88. The Balaban J connectivity index is 1.57. The minimum Gasteiger partial charge on any atom is -0.381 e. The van der Waals surface area contributed by atoms with Crippen LogP contribution in [0.4, 0.5) is 5.82 Å². The van der Waals surface area contributed by atoms with Gasteiger partial charge in [0, 0.05) is 43.4 Å². The highest BCUT2D eigenvalue weighted by atomic mass is 16.5. The summed E-state index contributed by atoms with van der Waals surface area (Å²) < 4.78 is 5.43. The lowest BCUT2D eigenvalue weighted by Gasteiger charge is -2.41. The summed E-state index contributed by atoms with van der Waals surface area (Å²) in [5.74, 6) is 2.60. The van der Waals surface area contributed by atoms with Gasteiger partial charge >= 0.3 is 0 Å². The van der Waals surface area contributed by atoms with Crippen LogP contribution in [0.3, 0.4) is 0 Å². The highest BCUT2D eigenvalue weighted by molar-refractivity contribution is 5.79. The van der Waals surface area contributed by atoms with E-state index in [2.05, 4.69) is 42.0 Å². The van der Waals surface area contributed by atoms with E-state index >= 15 is 0 Å². The molecule has 1 saturated carbocycles. The molecule has 0 radical (unpaired) electrons. The van der Waals surface area contributed by atoms with Gasteiger partial charge in [-0.3, -0.25) is 4.79 Å². The number of carbonyl (C=O) groups is 1. The molecular formula is C22H34N4O2. The molecule has 1 unspecified atom stereocenters. The monoisotopic (exact) mass is 386 g/mol. The second-order valence-corrected chi connectivity index (χ2v) is 9.08. The molecule has 3 heterocycles. The highest BCUT2D eigenvalue weighted by Crippen LogP contribution is 2.45. The molecule has 28 heavy (non-hydrogen) atoms. The molecule has 154 valence electrons. The van der Waals surface area contributed by atoms with E-state index in [1.54, 1.807) is 0 Å². The summed E-state index contributed by atoms with van der Waals surface area (Å²) in [6.07, 6.45) is 7.39. The molecule has 2 saturated heterocycles. The third-order valence-corrected chi connectivity index (χ3v) is 6.86. The third-order valence-electron chi connectivity index (χ3n) is 6.86. The molecule has 1 N–H and O–H groups in total. The molecule has 1 aromatic rings. The average Bonchev–Trinajstić information content (AvgIpc) is 3.31. The normalized spacial score (nSPS) is 25.0. The van der Waals surface area contributed by atoms with Crippen molar-refractivity contribution in [3.63, 3.8) is 0 Å². The molecule has 3 aliphatic rings. The Morgan fingerprint density at radius 3 is 2.61 bits per heavy atom. The first kappa shape index (κ1) is 19.6. The van der Waals surface area contributed by atoms with Crippen LogP contribution in [0.2, 0.25) is 0 Å². The standard InChI is InChI=1S/C22H34N4O2/c1-15(2)20-23-16(3)14-19(25-20)26-11-6-18(22(26)9-4-5-10-22)24-21(27)17-7-12-28-13-8-17/h14-15,17-18H,4-13H2,1-3H3,(H,24,27). The Morgan fingerprint density at radius 2 is 1.93 bits per heavy atom. The minimum absolute atomic E-state index is 0.00979. The van der Waals surface area contributed by atoms with Crippen molar-refractivity contribution in [2.45, 2.75) is 83.2 Å². The van der Waals surface area contributed by atoms with Gasteiger partial charge in [0.25, 0.3) is 0 Å². The molecule has 1 aromatic heterocycles. The molecular weight excluding hydrogens is 352 g/mol. The zero-order chi connectivity index (χ0) is 19.7. The summed E-state index contributed by atoms with van der Waals surface area (Å²) in [7, 11) is 0. The van der Waals surface area contributed by atoms with Gasteiger partial charge in [0.05, 0.1) is 11.6 Å². The lowest BCUT2D eigenvalue weighted by molar-refractivity contribution is -0.128. The largest absolute Gasteiger partial charge is 0.381 e. The molecule has 1 atom stereocenters. The molecule has 1 spiro atoms. The van der Waals surface area contributed by atoms with Crippen LogP contribution in [0, 0.1) is 12.8 Å². The number of hydrogen-bond acceptors (Lipinski definition) is 5. The Labute approximate surface area is 168 Å². The third kappa shape index (κ3) is 3.63. The lowest BCUT2D eigenvalue weighted by Crippen LogP contribution is -2.56. The number of anilines is 1. The number of carbonyl (C=O) groups excluding carboxylic acids is 1. The van der Waals surface area contributed by atoms with Crippen LogP contribution < -0.4 is 10.2 Å². The van der Waals surface area contributed by atoms with Crippen molar-refractivity contribution in [2.75, 3.05) is 24.7 Å². The molecule has 3 fully saturated rings. The van der Waals surface area contributed by atoms with Crippen LogP contribution >= 0.6 is 0 Å². The SMILES string of the molecule is Cc1cc(N2CCC(NC(=O)C3CCOCC3)C23CCCC3)nc(C(C)C)n1. The quantitative estimate of drug-likeness (QED) is 0.860. The van der Waals surface area contributed by atoms with Crippen LogP contribution in [-0.4, -0.2) is 47.2 Å². The van der Waals surface area contributed by atoms with Crippen LogP contribution in [0.5, 0.6) is 0 Å². The first-order valence-corrected chi connectivity index (χ1v) is 11.0. The van der Waals surface area contributed by atoms with E-state index in [1.807, 2.05) is 0 Å². The fraction of sp³-hybridized carbons (Fsp3) is 0.773. The zero-order valence-corrected chi connectivity index (χ0v) is 17.5. The Morgan fingerprint density at radius 1 is 1.21 bits per heavy atom. The van der Waals surface area contributed by atoms with Crippen LogP contribution in [0.1, 0.15) is 76.2 Å². The number of amides is 1. The number of nitrogens with one attached hydrogen (secondary N) is 1. The number of ether oxygens (including phenoxy) is 1. The molecule has 6 nitrogen and oxygen atoms in total. The highest BCUT2D eigenvalue weighted by Gasteiger charge is 2.51. The van der Waals surface area contributed by atoms with Gasteiger partial charge in [-0.1, -0.05) is 26.7 Å². The van der Waals surface area contributed by atoms with Gasteiger partial charge in [-0.25, -0.2) is 9.97 Å². The maximum Gasteiger partial charge on any atom is 0.223 e. The van der Waals surface area contributed by atoms with E-state index < -0.39 is 0 Å². The predicted molar refractivity (Wildman–Crippen MR) is 109 cm³/mol. The second-order valence-electron chi connectivity index (χ2n) is 9.08. The van der Waals surface area contributed by atoms with Crippen molar-refractivity contribution < 1.29 is 9.53 Å². The fourth-order valence-electron chi connectivity index (χ4n) is 5.31.